The van der Waals surface area contributed by atoms with Crippen LogP contribution in [0.5, 0.6) is 0 Å². The third-order valence-corrected chi connectivity index (χ3v) is 4.71. The predicted molar refractivity (Wildman–Crippen MR) is 118 cm³/mol. The van der Waals surface area contributed by atoms with E-state index in [9.17, 15) is 0 Å². The Morgan fingerprint density at radius 2 is 1.07 bits per heavy atom. The van der Waals surface area contributed by atoms with Gasteiger partial charge in [0.15, 0.2) is 11.7 Å². The zero-order valence-electron chi connectivity index (χ0n) is 19.0. The Hall–Kier alpha value is -2.24. The van der Waals surface area contributed by atoms with Crippen LogP contribution in [0.1, 0.15) is 107 Å². The van der Waals surface area contributed by atoms with Gasteiger partial charge < -0.3 is 21.1 Å². The fraction of sp³-hybridized carbons (Fsp3) is 0.636. The molecule has 0 atom stereocenters. The Morgan fingerprint density at radius 3 is 1.43 bits per heavy atom. The van der Waals surface area contributed by atoms with Crippen LogP contribution in [0, 0.1) is 6.92 Å². The highest BCUT2D eigenvalue weighted by molar-refractivity contribution is 6.06. The minimum Gasteiger partial charge on any atom is -0.394 e. The normalized spacial score (nSPS) is 13.0. The Balaban J connectivity index is 4.13. The third kappa shape index (κ3) is 4.97. The summed E-state index contributed by atoms with van der Waals surface area (Å²) in [7, 11) is 0. The van der Waals surface area contributed by atoms with Crippen LogP contribution in [0.3, 0.4) is 0 Å². The van der Waals surface area contributed by atoms with E-state index in [0.29, 0.717) is 24.9 Å². The van der Waals surface area contributed by atoms with Crippen molar-refractivity contribution in [2.45, 2.75) is 80.1 Å². The summed E-state index contributed by atoms with van der Waals surface area (Å²) >= 11 is 0. The summed E-state index contributed by atoms with van der Waals surface area (Å²) in [6, 6.07) is 0. The maximum absolute atomic E-state index is 6.44. The van der Waals surface area contributed by atoms with Crippen molar-refractivity contribution in [3.8, 4) is 0 Å². The molecule has 158 valence electrons. The molecule has 0 aliphatic heterocycles. The molecule has 0 aliphatic rings. The first-order valence-electron chi connectivity index (χ1n) is 10.2. The van der Waals surface area contributed by atoms with Crippen molar-refractivity contribution in [3.05, 3.63) is 33.4 Å². The molecule has 6 nitrogen and oxygen atoms in total. The molecule has 0 amide bonds. The number of hydrogen-bond donors (Lipinski definition) is 2. The summed E-state index contributed by atoms with van der Waals surface area (Å²) in [4.78, 5) is 10.6. The van der Waals surface area contributed by atoms with Crippen LogP contribution in [0.25, 0.3) is 0 Å². The lowest BCUT2D eigenvalue weighted by molar-refractivity contribution is 0.158. The van der Waals surface area contributed by atoms with Gasteiger partial charge in [-0.05, 0) is 60.8 Å². The molecule has 0 saturated carbocycles. The molecule has 4 N–H and O–H groups in total. The molecule has 1 aromatic rings. The lowest BCUT2D eigenvalue weighted by Gasteiger charge is -2.29. The van der Waals surface area contributed by atoms with E-state index in [2.05, 4.69) is 58.8 Å². The molecule has 0 radical (unpaired) electrons. The Bertz CT molecular complexity index is 735. The lowest BCUT2D eigenvalue weighted by Crippen LogP contribution is -2.27. The Labute approximate surface area is 170 Å². The molecule has 0 bridgehead atoms. The standard InChI is InChI=1S/C22H38N4O2/c1-10-27-25-21(23)19-15(9)16(12(3)4)20(22(24)26-28-11-2)18(14(7)8)17(19)13(5)6/h12-14H,10-11H2,1-9H3,(H2,23,25)(H2,24,26). The molecular weight excluding hydrogens is 352 g/mol. The zero-order chi connectivity index (χ0) is 21.6. The highest BCUT2D eigenvalue weighted by Gasteiger charge is 2.29. The predicted octanol–water partition coefficient (Wildman–Crippen LogP) is 4.68. The number of hydrogen-bond acceptors (Lipinski definition) is 4. The number of benzene rings is 1. The number of rotatable bonds is 9. The van der Waals surface area contributed by atoms with Crippen molar-refractivity contribution in [2.24, 2.45) is 21.8 Å². The first-order valence-corrected chi connectivity index (χ1v) is 10.2. The van der Waals surface area contributed by atoms with Crippen molar-refractivity contribution < 1.29 is 9.68 Å². The molecular formula is C22H38N4O2. The van der Waals surface area contributed by atoms with Gasteiger partial charge in [0, 0.05) is 11.1 Å². The van der Waals surface area contributed by atoms with Crippen molar-refractivity contribution in [2.75, 3.05) is 13.2 Å². The molecule has 1 aromatic carbocycles. The second-order valence-corrected chi connectivity index (χ2v) is 7.87. The average molecular weight is 391 g/mol. The number of amidine groups is 2. The van der Waals surface area contributed by atoms with Crippen LogP contribution in [-0.2, 0) is 9.68 Å². The lowest BCUT2D eigenvalue weighted by atomic mass is 9.76. The Kier molecular flexibility index (Phi) is 8.79. The topological polar surface area (TPSA) is 95.2 Å². The SMILES string of the molecule is CCO/N=C(\N)c1c(C)c(C(C)C)c(/C(N)=N/OCC)c(C(C)C)c1C(C)C. The van der Waals surface area contributed by atoms with Gasteiger partial charge in [-0.15, -0.1) is 0 Å². The maximum atomic E-state index is 6.44. The molecule has 0 aliphatic carbocycles. The van der Waals surface area contributed by atoms with Gasteiger partial charge in [-0.1, -0.05) is 51.9 Å². The van der Waals surface area contributed by atoms with E-state index in [1.54, 1.807) is 0 Å². The molecule has 6 heteroatoms. The summed E-state index contributed by atoms with van der Waals surface area (Å²) in [6.45, 7) is 19.7. The van der Waals surface area contributed by atoms with E-state index in [-0.39, 0.29) is 17.8 Å². The van der Waals surface area contributed by atoms with Crippen molar-refractivity contribution in [3.63, 3.8) is 0 Å². The van der Waals surface area contributed by atoms with Gasteiger partial charge in [0.2, 0.25) is 0 Å². The van der Waals surface area contributed by atoms with E-state index in [0.717, 1.165) is 33.4 Å². The smallest absolute Gasteiger partial charge is 0.170 e. The van der Waals surface area contributed by atoms with Gasteiger partial charge in [-0.2, -0.15) is 0 Å². The summed E-state index contributed by atoms with van der Waals surface area (Å²) in [5, 5.41) is 8.32. The molecule has 0 fully saturated rings. The third-order valence-electron chi connectivity index (χ3n) is 4.71. The minimum absolute atomic E-state index is 0.222. The average Bonchev–Trinajstić information content (AvgIpc) is 2.61. The fourth-order valence-electron chi connectivity index (χ4n) is 3.83. The van der Waals surface area contributed by atoms with Crippen LogP contribution < -0.4 is 11.5 Å². The largest absolute Gasteiger partial charge is 0.394 e. The quantitative estimate of drug-likeness (QED) is 0.363. The number of nitrogens with zero attached hydrogens (tertiary/aromatic N) is 2. The van der Waals surface area contributed by atoms with E-state index in [1.165, 1.54) is 0 Å². The van der Waals surface area contributed by atoms with Crippen LogP contribution in [0.4, 0.5) is 0 Å². The van der Waals surface area contributed by atoms with Crippen molar-refractivity contribution in [1.82, 2.24) is 0 Å². The second-order valence-electron chi connectivity index (χ2n) is 7.87. The van der Waals surface area contributed by atoms with Crippen LogP contribution >= 0.6 is 0 Å². The summed E-state index contributed by atoms with van der Waals surface area (Å²) in [6.07, 6.45) is 0. The first-order chi connectivity index (χ1) is 13.1. The van der Waals surface area contributed by atoms with Crippen molar-refractivity contribution >= 4 is 11.7 Å². The van der Waals surface area contributed by atoms with Gasteiger partial charge in [-0.25, -0.2) is 0 Å². The molecule has 0 unspecified atom stereocenters. The summed E-state index contributed by atoms with van der Waals surface area (Å²) in [5.74, 6) is 1.48. The monoisotopic (exact) mass is 390 g/mol. The van der Waals surface area contributed by atoms with Gasteiger partial charge in [-0.3, -0.25) is 0 Å². The molecule has 0 aromatic heterocycles. The number of oxime groups is 2. The van der Waals surface area contributed by atoms with Gasteiger partial charge >= 0.3 is 0 Å². The van der Waals surface area contributed by atoms with E-state index in [1.807, 2.05) is 13.8 Å². The van der Waals surface area contributed by atoms with Crippen LogP contribution in [0.15, 0.2) is 10.3 Å². The van der Waals surface area contributed by atoms with Gasteiger partial charge in [0.25, 0.3) is 0 Å². The molecule has 0 spiro atoms. The second kappa shape index (κ2) is 10.3. The Morgan fingerprint density at radius 1 is 0.714 bits per heavy atom. The summed E-state index contributed by atoms with van der Waals surface area (Å²) < 4.78 is 0. The zero-order valence-corrected chi connectivity index (χ0v) is 19.0. The first kappa shape index (κ1) is 23.8. The molecule has 1 rings (SSSR count). The van der Waals surface area contributed by atoms with Gasteiger partial charge in [0.05, 0.1) is 0 Å². The van der Waals surface area contributed by atoms with E-state index >= 15 is 0 Å². The highest BCUT2D eigenvalue weighted by Crippen LogP contribution is 2.39. The molecule has 0 heterocycles. The van der Waals surface area contributed by atoms with E-state index < -0.39 is 0 Å². The minimum atomic E-state index is 0.222. The molecule has 0 saturated heterocycles. The van der Waals surface area contributed by atoms with Crippen molar-refractivity contribution in [1.29, 1.82) is 0 Å². The molecule has 28 heavy (non-hydrogen) atoms. The van der Waals surface area contributed by atoms with Crippen LogP contribution in [-0.4, -0.2) is 24.9 Å². The van der Waals surface area contributed by atoms with Gasteiger partial charge in [0.1, 0.15) is 13.2 Å². The van der Waals surface area contributed by atoms with E-state index in [4.69, 9.17) is 21.1 Å². The number of nitrogens with two attached hydrogens (primary N) is 2. The highest BCUT2D eigenvalue weighted by atomic mass is 16.6. The van der Waals surface area contributed by atoms with Crippen LogP contribution in [0.2, 0.25) is 0 Å². The summed E-state index contributed by atoms with van der Waals surface area (Å²) in [5.41, 5.74) is 19.2. The fourth-order valence-corrected chi connectivity index (χ4v) is 3.83. The maximum Gasteiger partial charge on any atom is 0.170 e.